The van der Waals surface area contributed by atoms with Gasteiger partial charge in [-0.25, -0.2) is 0 Å². The van der Waals surface area contributed by atoms with Crippen molar-refractivity contribution >= 4 is 27.8 Å². The third-order valence-electron chi connectivity index (χ3n) is 10.3. The lowest BCUT2D eigenvalue weighted by molar-refractivity contribution is 0.439. The van der Waals surface area contributed by atoms with Crippen molar-refractivity contribution in [2.24, 2.45) is 0 Å². The molecule has 8 aromatic rings. The first-order valence-electron chi connectivity index (χ1n) is 16.9. The standard InChI is InChI=1S/C47H31NO/c1-3-16-35(17-4-1)48(36-18-5-2-6-19-36)37-28-26-32(27-29-37)38-22-13-25-43-46(38)49-45-31-34-15-8-7-14-33(34)30-44(45)47(43)41-23-11-9-20-39(41)40-21-10-12-24-42(40)47/h1-31H. The average molecular weight is 626 g/mol. The number of benzene rings is 8. The number of para-hydroxylation sites is 3. The highest BCUT2D eigenvalue weighted by Gasteiger charge is 2.51. The van der Waals surface area contributed by atoms with Gasteiger partial charge in [-0.05, 0) is 87.1 Å². The summed E-state index contributed by atoms with van der Waals surface area (Å²) in [5, 5.41) is 2.38. The summed E-state index contributed by atoms with van der Waals surface area (Å²) in [6.07, 6.45) is 0. The Bertz CT molecular complexity index is 2430. The van der Waals surface area contributed by atoms with E-state index in [0.29, 0.717) is 0 Å². The molecule has 0 N–H and O–H groups in total. The van der Waals surface area contributed by atoms with Crippen LogP contribution < -0.4 is 9.64 Å². The van der Waals surface area contributed by atoms with E-state index >= 15 is 0 Å². The van der Waals surface area contributed by atoms with E-state index in [1.807, 2.05) is 0 Å². The molecule has 0 bridgehead atoms. The largest absolute Gasteiger partial charge is 0.456 e. The number of fused-ring (bicyclic) bond motifs is 10. The third-order valence-corrected chi connectivity index (χ3v) is 10.3. The highest BCUT2D eigenvalue weighted by molar-refractivity contribution is 5.94. The monoisotopic (exact) mass is 625 g/mol. The maximum Gasteiger partial charge on any atom is 0.140 e. The number of rotatable bonds is 4. The number of anilines is 3. The molecule has 8 aromatic carbocycles. The summed E-state index contributed by atoms with van der Waals surface area (Å²) >= 11 is 0. The van der Waals surface area contributed by atoms with Gasteiger partial charge in [0.1, 0.15) is 11.5 Å². The molecule has 0 saturated carbocycles. The van der Waals surface area contributed by atoms with Gasteiger partial charge < -0.3 is 9.64 Å². The van der Waals surface area contributed by atoms with Crippen molar-refractivity contribution in [2.45, 2.75) is 5.41 Å². The van der Waals surface area contributed by atoms with Gasteiger partial charge in [-0.1, -0.05) is 140 Å². The normalized spacial score (nSPS) is 13.2. The Morgan fingerprint density at radius 1 is 0.367 bits per heavy atom. The van der Waals surface area contributed by atoms with Crippen molar-refractivity contribution in [2.75, 3.05) is 4.90 Å². The smallest absolute Gasteiger partial charge is 0.140 e. The van der Waals surface area contributed by atoms with Crippen LogP contribution in [0.2, 0.25) is 0 Å². The number of nitrogens with zero attached hydrogens (tertiary/aromatic N) is 1. The van der Waals surface area contributed by atoms with E-state index in [1.165, 1.54) is 44.2 Å². The van der Waals surface area contributed by atoms with Gasteiger partial charge in [0.15, 0.2) is 0 Å². The molecule has 230 valence electrons. The topological polar surface area (TPSA) is 12.5 Å². The molecule has 1 spiro atoms. The van der Waals surface area contributed by atoms with Crippen LogP contribution in [0.3, 0.4) is 0 Å². The Balaban J connectivity index is 1.19. The summed E-state index contributed by atoms with van der Waals surface area (Å²) in [5.41, 5.74) is 12.5. The maximum absolute atomic E-state index is 7.09. The second-order valence-electron chi connectivity index (χ2n) is 12.9. The van der Waals surface area contributed by atoms with Gasteiger partial charge in [0.2, 0.25) is 0 Å². The zero-order chi connectivity index (χ0) is 32.4. The van der Waals surface area contributed by atoms with E-state index < -0.39 is 5.41 Å². The lowest BCUT2D eigenvalue weighted by Crippen LogP contribution is -2.32. The SMILES string of the molecule is c1ccc(N(c2ccccc2)c2ccc(-c3cccc4c3Oc3cc5ccccc5cc3C43c4ccccc4-c4ccccc43)cc2)cc1. The Hall–Kier alpha value is -6.38. The quantitative estimate of drug-likeness (QED) is 0.193. The second-order valence-corrected chi connectivity index (χ2v) is 12.9. The molecule has 0 aromatic heterocycles. The highest BCUT2D eigenvalue weighted by atomic mass is 16.5. The summed E-state index contributed by atoms with van der Waals surface area (Å²) in [5.74, 6) is 1.81. The molecule has 1 heterocycles. The first kappa shape index (κ1) is 27.7. The first-order chi connectivity index (χ1) is 24.3. The molecule has 0 radical (unpaired) electrons. The fraction of sp³-hybridized carbons (Fsp3) is 0.0213. The van der Waals surface area contributed by atoms with Crippen LogP contribution in [0.4, 0.5) is 17.1 Å². The lowest BCUT2D eigenvalue weighted by Gasteiger charge is -2.40. The summed E-state index contributed by atoms with van der Waals surface area (Å²) in [6.45, 7) is 0. The summed E-state index contributed by atoms with van der Waals surface area (Å²) < 4.78 is 7.09. The molecule has 10 rings (SSSR count). The van der Waals surface area contributed by atoms with Gasteiger partial charge in [0.05, 0.1) is 5.41 Å². The van der Waals surface area contributed by atoms with Crippen LogP contribution in [0, 0.1) is 0 Å². The van der Waals surface area contributed by atoms with Crippen LogP contribution in [0.5, 0.6) is 11.5 Å². The lowest BCUT2D eigenvalue weighted by atomic mass is 9.65. The summed E-state index contributed by atoms with van der Waals surface area (Å²) in [6, 6.07) is 67.7. The molecule has 0 unspecified atom stereocenters. The zero-order valence-corrected chi connectivity index (χ0v) is 26.8. The number of hydrogen-bond acceptors (Lipinski definition) is 2. The predicted molar refractivity (Wildman–Crippen MR) is 201 cm³/mol. The summed E-state index contributed by atoms with van der Waals surface area (Å²) in [4.78, 5) is 2.30. The van der Waals surface area contributed by atoms with Crippen LogP contribution >= 0.6 is 0 Å². The number of ether oxygens (including phenoxy) is 1. The minimum absolute atomic E-state index is 0.520. The Morgan fingerprint density at radius 3 is 1.49 bits per heavy atom. The van der Waals surface area contributed by atoms with Crippen LogP contribution in [-0.2, 0) is 5.41 Å². The van der Waals surface area contributed by atoms with Crippen LogP contribution in [0.25, 0.3) is 33.0 Å². The molecule has 2 heteroatoms. The molecule has 0 fully saturated rings. The Morgan fingerprint density at radius 2 is 0.857 bits per heavy atom. The van der Waals surface area contributed by atoms with Gasteiger partial charge >= 0.3 is 0 Å². The fourth-order valence-corrected chi connectivity index (χ4v) is 8.23. The molecule has 0 atom stereocenters. The van der Waals surface area contributed by atoms with E-state index in [2.05, 4.69) is 193 Å². The molecule has 2 aliphatic rings. The molecule has 2 nitrogen and oxygen atoms in total. The second kappa shape index (κ2) is 10.8. The maximum atomic E-state index is 7.09. The molecule has 1 aliphatic heterocycles. The van der Waals surface area contributed by atoms with Gasteiger partial charge in [0.25, 0.3) is 0 Å². The minimum atomic E-state index is -0.520. The fourth-order valence-electron chi connectivity index (χ4n) is 8.23. The van der Waals surface area contributed by atoms with Crippen LogP contribution in [0.15, 0.2) is 188 Å². The van der Waals surface area contributed by atoms with Crippen molar-refractivity contribution in [3.63, 3.8) is 0 Å². The Kier molecular flexibility index (Phi) is 6.13. The molecular formula is C47H31NO. The van der Waals surface area contributed by atoms with Crippen LogP contribution in [0.1, 0.15) is 22.3 Å². The molecule has 1 aliphatic carbocycles. The van der Waals surface area contributed by atoms with E-state index in [9.17, 15) is 0 Å². The van der Waals surface area contributed by atoms with Crippen molar-refractivity contribution in [3.05, 3.63) is 210 Å². The van der Waals surface area contributed by atoms with Crippen molar-refractivity contribution < 1.29 is 4.74 Å². The van der Waals surface area contributed by atoms with E-state index in [1.54, 1.807) is 0 Å². The summed E-state index contributed by atoms with van der Waals surface area (Å²) in [7, 11) is 0. The number of hydrogen-bond donors (Lipinski definition) is 0. The van der Waals surface area contributed by atoms with Gasteiger partial charge in [-0.2, -0.15) is 0 Å². The van der Waals surface area contributed by atoms with Crippen molar-refractivity contribution in [3.8, 4) is 33.8 Å². The van der Waals surface area contributed by atoms with E-state index in [4.69, 9.17) is 4.74 Å². The van der Waals surface area contributed by atoms with E-state index in [-0.39, 0.29) is 0 Å². The van der Waals surface area contributed by atoms with Crippen molar-refractivity contribution in [1.29, 1.82) is 0 Å². The third kappa shape index (κ3) is 4.07. The average Bonchev–Trinajstić information content (AvgIpc) is 3.46. The molecule has 49 heavy (non-hydrogen) atoms. The highest BCUT2D eigenvalue weighted by Crippen LogP contribution is 2.63. The van der Waals surface area contributed by atoms with Crippen molar-refractivity contribution in [1.82, 2.24) is 0 Å². The van der Waals surface area contributed by atoms with Gasteiger partial charge in [-0.3, -0.25) is 0 Å². The van der Waals surface area contributed by atoms with E-state index in [0.717, 1.165) is 39.7 Å². The first-order valence-corrected chi connectivity index (χ1v) is 16.9. The molecular weight excluding hydrogens is 595 g/mol. The Labute approximate surface area is 286 Å². The van der Waals surface area contributed by atoms with Gasteiger partial charge in [-0.15, -0.1) is 0 Å². The molecule has 0 amide bonds. The zero-order valence-electron chi connectivity index (χ0n) is 26.8. The predicted octanol–water partition coefficient (Wildman–Crippen LogP) is 12.4. The minimum Gasteiger partial charge on any atom is -0.456 e. The molecule has 0 saturated heterocycles. The van der Waals surface area contributed by atoms with Crippen LogP contribution in [-0.4, -0.2) is 0 Å². The van der Waals surface area contributed by atoms with Gasteiger partial charge in [0, 0.05) is 33.8 Å².